The van der Waals surface area contributed by atoms with Crippen LogP contribution in [0.3, 0.4) is 0 Å². The van der Waals surface area contributed by atoms with Crippen LogP contribution in [0.25, 0.3) is 0 Å². The molecule has 0 unspecified atom stereocenters. The largest absolute Gasteiger partial charge is 0.490 e. The maximum Gasteiger partial charge on any atom is 0.490 e. The van der Waals surface area contributed by atoms with Crippen LogP contribution in [0.2, 0.25) is 5.02 Å². The maximum atomic E-state index is 12.8. The van der Waals surface area contributed by atoms with Crippen molar-refractivity contribution < 1.29 is 41.0 Å². The van der Waals surface area contributed by atoms with Crippen molar-refractivity contribution in [2.75, 3.05) is 13.2 Å². The lowest BCUT2D eigenvalue weighted by Gasteiger charge is -2.46. The lowest BCUT2D eigenvalue weighted by atomic mass is 9.82. The molecule has 1 aliphatic carbocycles. The molecule has 2 fully saturated rings. The molecule has 1 N–H and O–H groups in total. The number of carbonyl (C=O) groups is 1. The van der Waals surface area contributed by atoms with Gasteiger partial charge in [-0.15, -0.1) is 5.10 Å². The third-order valence-corrected chi connectivity index (χ3v) is 8.16. The molecule has 0 radical (unpaired) electrons. The van der Waals surface area contributed by atoms with Gasteiger partial charge in [0.2, 0.25) is 0 Å². The lowest BCUT2D eigenvalue weighted by molar-refractivity contribution is -0.192. The summed E-state index contributed by atoms with van der Waals surface area (Å²) < 4.78 is 79.1. The molecule has 242 valence electrons. The molecule has 0 bridgehead atoms. The summed E-state index contributed by atoms with van der Waals surface area (Å²) >= 11 is 6.08. The number of morpholine rings is 1. The number of carboxylic acid groups (broad SMARTS) is 1. The zero-order chi connectivity index (χ0) is 32.2. The number of aliphatic carboxylic acids is 1. The Kier molecular flexibility index (Phi) is 10.6. The number of ether oxygens (including phenoxy) is 1. The molecule has 1 aliphatic heterocycles. The minimum Gasteiger partial charge on any atom is -0.475 e. The van der Waals surface area contributed by atoms with Crippen LogP contribution < -0.4 is 0 Å². The van der Waals surface area contributed by atoms with Gasteiger partial charge in [0.25, 0.3) is 0 Å². The number of carboxylic acids is 1. The van der Waals surface area contributed by atoms with E-state index in [1.807, 2.05) is 36.0 Å². The molecular weight excluding hydrogens is 618 g/mol. The second kappa shape index (κ2) is 13.9. The first kappa shape index (κ1) is 33.7. The van der Waals surface area contributed by atoms with E-state index in [9.17, 15) is 26.3 Å². The highest BCUT2D eigenvalue weighted by Crippen LogP contribution is 2.38. The zero-order valence-corrected chi connectivity index (χ0v) is 24.8. The van der Waals surface area contributed by atoms with Crippen LogP contribution >= 0.6 is 11.6 Å². The minimum absolute atomic E-state index is 0.154. The molecule has 2 aromatic heterocycles. The van der Waals surface area contributed by atoms with Gasteiger partial charge in [0.15, 0.2) is 0 Å². The molecule has 0 amide bonds. The van der Waals surface area contributed by atoms with E-state index in [1.54, 1.807) is 0 Å². The molecule has 2 atom stereocenters. The highest BCUT2D eigenvalue weighted by Gasteiger charge is 2.39. The smallest absolute Gasteiger partial charge is 0.475 e. The molecule has 16 heteroatoms. The number of rotatable bonds is 6. The number of aromatic nitrogens is 5. The molecule has 0 spiro atoms. The van der Waals surface area contributed by atoms with E-state index >= 15 is 0 Å². The summed E-state index contributed by atoms with van der Waals surface area (Å²) in [5.74, 6) is -2.31. The zero-order valence-electron chi connectivity index (χ0n) is 24.0. The highest BCUT2D eigenvalue weighted by atomic mass is 35.5. The molecular formula is C28H33ClF6N6O3. The number of aryl methyl sites for hydroxylation is 2. The lowest BCUT2D eigenvalue weighted by Crippen LogP contribution is -2.53. The van der Waals surface area contributed by atoms with Gasteiger partial charge >= 0.3 is 18.3 Å². The van der Waals surface area contributed by atoms with E-state index in [4.69, 9.17) is 31.3 Å². The van der Waals surface area contributed by atoms with Crippen LogP contribution in [0, 0.1) is 6.92 Å². The fourth-order valence-electron chi connectivity index (χ4n) is 5.62. The van der Waals surface area contributed by atoms with E-state index in [0.29, 0.717) is 35.8 Å². The Labute approximate surface area is 254 Å². The van der Waals surface area contributed by atoms with Crippen molar-refractivity contribution in [1.29, 1.82) is 0 Å². The van der Waals surface area contributed by atoms with Crippen LogP contribution in [0.1, 0.15) is 60.4 Å². The number of alkyl halides is 6. The van der Waals surface area contributed by atoms with Gasteiger partial charge in [0.05, 0.1) is 18.5 Å². The topological polar surface area (TPSA) is 98.3 Å². The molecule has 1 saturated carbocycles. The Hall–Kier alpha value is -3.17. The molecule has 5 rings (SSSR count). The Morgan fingerprint density at radius 3 is 2.25 bits per heavy atom. The molecule has 1 saturated heterocycles. The number of hydrogen-bond acceptors (Lipinski definition) is 6. The van der Waals surface area contributed by atoms with E-state index in [0.717, 1.165) is 48.2 Å². The highest BCUT2D eigenvalue weighted by molar-refractivity contribution is 6.30. The molecule has 2 aliphatic rings. The normalized spacial score (nSPS) is 23.2. The summed E-state index contributed by atoms with van der Waals surface area (Å²) in [5, 5.41) is 20.2. The fourth-order valence-corrected chi connectivity index (χ4v) is 5.75. The van der Waals surface area contributed by atoms with Crippen LogP contribution in [0.15, 0.2) is 36.5 Å². The van der Waals surface area contributed by atoms with Crippen molar-refractivity contribution in [1.82, 2.24) is 29.7 Å². The van der Waals surface area contributed by atoms with Crippen molar-refractivity contribution in [2.24, 2.45) is 7.05 Å². The first-order chi connectivity index (χ1) is 20.6. The van der Waals surface area contributed by atoms with E-state index < -0.39 is 31.0 Å². The maximum absolute atomic E-state index is 12.8. The van der Waals surface area contributed by atoms with Crippen LogP contribution in [0.4, 0.5) is 26.3 Å². The standard InChI is InChI=1S/C26H32ClF3N6O.C2HF3O2/c1-17-11-23(32-34(17)2)19-5-9-21(10-6-19)36-14-25(24-13-35(33-31-24)16-26(28,29)30)37-15-22(36)12-18-3-7-20(27)8-4-18;3-2(4,5)1(6)7/h3-4,7-8,11,13,19,21-22,25H,5-6,9-10,12,14-16H2,1-2H3;(H,6,7)/t19?,21?,22-,25+;/m0./s1. The number of benzene rings is 1. The van der Waals surface area contributed by atoms with Crippen LogP contribution in [-0.4, -0.2) is 78.3 Å². The molecule has 3 heterocycles. The van der Waals surface area contributed by atoms with Gasteiger partial charge in [0, 0.05) is 42.3 Å². The predicted octanol–water partition coefficient (Wildman–Crippen LogP) is 5.88. The third kappa shape index (κ3) is 9.17. The predicted molar refractivity (Wildman–Crippen MR) is 147 cm³/mol. The fraction of sp³-hybridized carbons (Fsp3) is 0.571. The van der Waals surface area contributed by atoms with Gasteiger partial charge in [-0.2, -0.15) is 31.4 Å². The van der Waals surface area contributed by atoms with Crippen molar-refractivity contribution >= 4 is 17.6 Å². The van der Waals surface area contributed by atoms with Crippen molar-refractivity contribution in [3.8, 4) is 0 Å². The van der Waals surface area contributed by atoms with Gasteiger partial charge in [-0.25, -0.2) is 9.48 Å². The van der Waals surface area contributed by atoms with Gasteiger partial charge in [-0.1, -0.05) is 28.9 Å². The van der Waals surface area contributed by atoms with E-state index in [1.165, 1.54) is 11.8 Å². The SMILES string of the molecule is Cc1cc(C2CCC(N3C[C@H](c4cn(CC(F)(F)F)nn4)OC[C@@H]3Cc3ccc(Cl)cc3)CC2)nn1C.O=C(O)C(F)(F)F. The van der Waals surface area contributed by atoms with Gasteiger partial charge in [-0.3, -0.25) is 9.58 Å². The first-order valence-electron chi connectivity index (χ1n) is 14.0. The summed E-state index contributed by atoms with van der Waals surface area (Å²) in [6.45, 7) is 1.95. The van der Waals surface area contributed by atoms with Gasteiger partial charge in [-0.05, 0) is 62.8 Å². The number of hydrogen-bond donors (Lipinski definition) is 1. The molecule has 44 heavy (non-hydrogen) atoms. The van der Waals surface area contributed by atoms with Crippen molar-refractivity contribution in [2.45, 2.75) is 82.0 Å². The second-order valence-electron chi connectivity index (χ2n) is 11.1. The molecule has 9 nitrogen and oxygen atoms in total. The number of halogens is 7. The summed E-state index contributed by atoms with van der Waals surface area (Å²) in [6, 6.07) is 10.6. The Morgan fingerprint density at radius 2 is 1.70 bits per heavy atom. The van der Waals surface area contributed by atoms with Gasteiger partial charge in [0.1, 0.15) is 18.3 Å². The van der Waals surface area contributed by atoms with Crippen molar-refractivity contribution in [3.63, 3.8) is 0 Å². The monoisotopic (exact) mass is 650 g/mol. The Morgan fingerprint density at radius 1 is 1.07 bits per heavy atom. The summed E-state index contributed by atoms with van der Waals surface area (Å²) in [4.78, 5) is 11.4. The van der Waals surface area contributed by atoms with E-state index in [2.05, 4.69) is 28.2 Å². The van der Waals surface area contributed by atoms with Crippen LogP contribution in [-0.2, 0) is 29.5 Å². The molecule has 1 aromatic carbocycles. The average Bonchev–Trinajstić information content (AvgIpc) is 3.54. The summed E-state index contributed by atoms with van der Waals surface area (Å²) in [6.07, 6.45) is -3.51. The number of nitrogens with zero attached hydrogens (tertiary/aromatic N) is 6. The van der Waals surface area contributed by atoms with E-state index in [-0.39, 0.29) is 6.04 Å². The van der Waals surface area contributed by atoms with Crippen molar-refractivity contribution in [3.05, 3.63) is 64.2 Å². The van der Waals surface area contributed by atoms with Gasteiger partial charge < -0.3 is 9.84 Å². The molecule has 3 aromatic rings. The third-order valence-electron chi connectivity index (χ3n) is 7.91. The first-order valence-corrected chi connectivity index (χ1v) is 14.4. The second-order valence-corrected chi connectivity index (χ2v) is 11.5. The Bertz CT molecular complexity index is 1370. The van der Waals surface area contributed by atoms with Crippen LogP contribution in [0.5, 0.6) is 0 Å². The average molecular weight is 651 g/mol. The summed E-state index contributed by atoms with van der Waals surface area (Å²) in [7, 11) is 1.98. The summed E-state index contributed by atoms with van der Waals surface area (Å²) in [5.41, 5.74) is 3.94. The Balaban J connectivity index is 0.000000566. The quantitative estimate of drug-likeness (QED) is 0.333. The minimum atomic E-state index is -5.08.